The van der Waals surface area contributed by atoms with Gasteiger partial charge in [-0.2, -0.15) is 0 Å². The van der Waals surface area contributed by atoms with Crippen molar-refractivity contribution in [1.29, 1.82) is 0 Å². The fourth-order valence-electron chi connectivity index (χ4n) is 2.82. The third-order valence-corrected chi connectivity index (χ3v) is 4.26. The highest BCUT2D eigenvalue weighted by molar-refractivity contribution is 5.93. The fraction of sp³-hybridized carbons (Fsp3) is 0.450. The molecule has 2 N–H and O–H groups in total. The number of carbonyl (C=O) groups excluding carboxylic acids is 1. The second kappa shape index (κ2) is 9.87. The summed E-state index contributed by atoms with van der Waals surface area (Å²) in [6, 6.07) is 7.95. The lowest BCUT2D eigenvalue weighted by molar-refractivity contribution is 0.0931. The molecular formula is C20H29N5O2. The topological polar surface area (TPSA) is 79.4 Å². The van der Waals surface area contributed by atoms with Gasteiger partial charge in [-0.25, -0.2) is 9.97 Å². The lowest BCUT2D eigenvalue weighted by atomic mass is 10.1. The van der Waals surface area contributed by atoms with E-state index in [2.05, 4.69) is 58.4 Å². The van der Waals surface area contributed by atoms with Gasteiger partial charge in [0.05, 0.1) is 6.61 Å². The van der Waals surface area contributed by atoms with Crippen LogP contribution in [-0.4, -0.2) is 49.2 Å². The van der Waals surface area contributed by atoms with Gasteiger partial charge in [-0.15, -0.1) is 0 Å². The number of benzene rings is 1. The highest BCUT2D eigenvalue weighted by atomic mass is 16.5. The number of hydrogen-bond donors (Lipinski definition) is 2. The van der Waals surface area contributed by atoms with Crippen molar-refractivity contribution < 1.29 is 9.53 Å². The number of ether oxygens (including phenoxy) is 1. The SMILES string of the molecule is CCN(CC)c1ccc(Nc2cc(C(=O)NCCOC)nc(C)n2)c(C)c1. The van der Waals surface area contributed by atoms with Crippen LogP contribution in [0.2, 0.25) is 0 Å². The van der Waals surface area contributed by atoms with E-state index in [9.17, 15) is 4.79 Å². The van der Waals surface area contributed by atoms with Crippen molar-refractivity contribution in [2.45, 2.75) is 27.7 Å². The molecule has 0 atom stereocenters. The number of amides is 1. The molecule has 1 aromatic heterocycles. The molecule has 0 aliphatic heterocycles. The van der Waals surface area contributed by atoms with Crippen LogP contribution in [-0.2, 0) is 4.74 Å². The summed E-state index contributed by atoms with van der Waals surface area (Å²) >= 11 is 0. The average molecular weight is 371 g/mol. The summed E-state index contributed by atoms with van der Waals surface area (Å²) < 4.78 is 4.95. The van der Waals surface area contributed by atoms with Crippen LogP contribution in [0.1, 0.15) is 35.7 Å². The van der Waals surface area contributed by atoms with Crippen LogP contribution in [0.25, 0.3) is 0 Å². The Hall–Kier alpha value is -2.67. The zero-order chi connectivity index (χ0) is 19.8. The molecule has 1 amide bonds. The summed E-state index contributed by atoms with van der Waals surface area (Å²) in [4.78, 5) is 23.2. The van der Waals surface area contributed by atoms with Crippen LogP contribution >= 0.6 is 0 Å². The summed E-state index contributed by atoms with van der Waals surface area (Å²) in [5, 5.41) is 6.08. The van der Waals surface area contributed by atoms with Crippen molar-refractivity contribution in [2.75, 3.05) is 43.6 Å². The first-order chi connectivity index (χ1) is 13.0. The minimum absolute atomic E-state index is 0.241. The number of anilines is 3. The Morgan fingerprint density at radius 2 is 1.89 bits per heavy atom. The molecule has 27 heavy (non-hydrogen) atoms. The number of hydrogen-bond acceptors (Lipinski definition) is 6. The molecule has 0 bridgehead atoms. The Morgan fingerprint density at radius 1 is 1.15 bits per heavy atom. The van der Waals surface area contributed by atoms with Gasteiger partial charge in [0, 0.05) is 44.2 Å². The highest BCUT2D eigenvalue weighted by Gasteiger charge is 2.11. The van der Waals surface area contributed by atoms with Gasteiger partial charge in [-0.1, -0.05) is 0 Å². The molecule has 0 saturated heterocycles. The van der Waals surface area contributed by atoms with E-state index in [-0.39, 0.29) is 5.91 Å². The maximum absolute atomic E-state index is 12.2. The molecule has 0 saturated carbocycles. The molecule has 0 unspecified atom stereocenters. The van der Waals surface area contributed by atoms with Crippen LogP contribution in [0.4, 0.5) is 17.2 Å². The van der Waals surface area contributed by atoms with Crippen LogP contribution in [0.15, 0.2) is 24.3 Å². The van der Waals surface area contributed by atoms with E-state index in [1.165, 1.54) is 5.69 Å². The van der Waals surface area contributed by atoms with Crippen molar-refractivity contribution in [1.82, 2.24) is 15.3 Å². The van der Waals surface area contributed by atoms with E-state index >= 15 is 0 Å². The first-order valence-corrected chi connectivity index (χ1v) is 9.23. The number of aromatic nitrogens is 2. The Kier molecular flexibility index (Phi) is 7.55. The average Bonchev–Trinajstić information content (AvgIpc) is 2.64. The number of aryl methyl sites for hydroxylation is 2. The standard InChI is InChI=1S/C20H29N5O2/c1-6-25(7-2)16-8-9-17(14(3)12-16)24-19-13-18(22-15(4)23-19)20(26)21-10-11-27-5/h8-9,12-13H,6-7,10-11H2,1-5H3,(H,21,26)(H,22,23,24). The normalized spacial score (nSPS) is 10.6. The van der Waals surface area contributed by atoms with Gasteiger partial charge < -0.3 is 20.3 Å². The third kappa shape index (κ3) is 5.65. The van der Waals surface area contributed by atoms with E-state index < -0.39 is 0 Å². The summed E-state index contributed by atoms with van der Waals surface area (Å²) in [7, 11) is 1.59. The Morgan fingerprint density at radius 3 is 2.52 bits per heavy atom. The lowest BCUT2D eigenvalue weighted by Gasteiger charge is -2.22. The zero-order valence-corrected chi connectivity index (χ0v) is 16.8. The maximum Gasteiger partial charge on any atom is 0.270 e. The highest BCUT2D eigenvalue weighted by Crippen LogP contribution is 2.25. The van der Waals surface area contributed by atoms with Crippen molar-refractivity contribution in [3.05, 3.63) is 41.3 Å². The van der Waals surface area contributed by atoms with Crippen LogP contribution in [0.3, 0.4) is 0 Å². The van der Waals surface area contributed by atoms with Gasteiger partial charge in [0.1, 0.15) is 17.3 Å². The number of nitrogens with one attached hydrogen (secondary N) is 2. The fourth-order valence-corrected chi connectivity index (χ4v) is 2.82. The molecule has 0 spiro atoms. The summed E-state index contributed by atoms with van der Waals surface area (Å²) in [6.45, 7) is 11.0. The van der Waals surface area contributed by atoms with Gasteiger partial charge in [-0.05, 0) is 51.5 Å². The van der Waals surface area contributed by atoms with Crippen LogP contribution in [0, 0.1) is 13.8 Å². The van der Waals surface area contributed by atoms with Gasteiger partial charge in [0.2, 0.25) is 0 Å². The molecule has 0 fully saturated rings. The summed E-state index contributed by atoms with van der Waals surface area (Å²) in [5.41, 5.74) is 3.59. The number of nitrogens with zero attached hydrogens (tertiary/aromatic N) is 3. The summed E-state index contributed by atoms with van der Waals surface area (Å²) in [6.07, 6.45) is 0. The molecule has 2 rings (SSSR count). The number of rotatable bonds is 9. The molecule has 146 valence electrons. The van der Waals surface area contributed by atoms with E-state index in [1.807, 2.05) is 6.07 Å². The second-order valence-electron chi connectivity index (χ2n) is 6.23. The summed E-state index contributed by atoms with van der Waals surface area (Å²) in [5.74, 6) is 0.890. The van der Waals surface area contributed by atoms with E-state index in [0.717, 1.165) is 24.3 Å². The monoisotopic (exact) mass is 371 g/mol. The Labute approximate surface area is 161 Å². The van der Waals surface area contributed by atoms with Gasteiger partial charge in [-0.3, -0.25) is 4.79 Å². The smallest absolute Gasteiger partial charge is 0.270 e. The predicted octanol–water partition coefficient (Wildman–Crippen LogP) is 3.06. The Balaban J connectivity index is 2.18. The zero-order valence-electron chi connectivity index (χ0n) is 16.8. The van der Waals surface area contributed by atoms with Gasteiger partial charge in [0.25, 0.3) is 5.91 Å². The largest absolute Gasteiger partial charge is 0.383 e. The second-order valence-corrected chi connectivity index (χ2v) is 6.23. The number of methoxy groups -OCH3 is 1. The molecule has 7 heteroatoms. The molecule has 0 aliphatic carbocycles. The molecule has 1 heterocycles. The molecule has 0 radical (unpaired) electrons. The van der Waals surface area contributed by atoms with Crippen molar-refractivity contribution >= 4 is 23.1 Å². The first-order valence-electron chi connectivity index (χ1n) is 9.23. The molecule has 1 aromatic carbocycles. The van der Waals surface area contributed by atoms with Crippen molar-refractivity contribution in [3.63, 3.8) is 0 Å². The Bertz CT molecular complexity index is 775. The van der Waals surface area contributed by atoms with Gasteiger partial charge >= 0.3 is 0 Å². The van der Waals surface area contributed by atoms with E-state index in [0.29, 0.717) is 30.5 Å². The van der Waals surface area contributed by atoms with Crippen LogP contribution < -0.4 is 15.5 Å². The lowest BCUT2D eigenvalue weighted by Crippen LogP contribution is -2.28. The van der Waals surface area contributed by atoms with Crippen LogP contribution in [0.5, 0.6) is 0 Å². The molecule has 0 aliphatic rings. The van der Waals surface area contributed by atoms with E-state index in [1.54, 1.807) is 20.1 Å². The minimum Gasteiger partial charge on any atom is -0.383 e. The molecular weight excluding hydrogens is 342 g/mol. The van der Waals surface area contributed by atoms with Crippen molar-refractivity contribution in [3.8, 4) is 0 Å². The van der Waals surface area contributed by atoms with E-state index in [4.69, 9.17) is 4.74 Å². The number of carbonyl (C=O) groups is 1. The van der Waals surface area contributed by atoms with Crippen molar-refractivity contribution in [2.24, 2.45) is 0 Å². The maximum atomic E-state index is 12.2. The first kappa shape index (κ1) is 20.6. The third-order valence-electron chi connectivity index (χ3n) is 4.26. The minimum atomic E-state index is -0.241. The van der Waals surface area contributed by atoms with Gasteiger partial charge in [0.15, 0.2) is 0 Å². The molecule has 2 aromatic rings. The molecule has 7 nitrogen and oxygen atoms in total. The quantitative estimate of drug-likeness (QED) is 0.660. The predicted molar refractivity (Wildman–Crippen MR) is 109 cm³/mol.